The van der Waals surface area contributed by atoms with Crippen molar-refractivity contribution < 1.29 is 13.2 Å². The second-order valence-corrected chi connectivity index (χ2v) is 10.7. The van der Waals surface area contributed by atoms with Gasteiger partial charge in [-0.15, -0.1) is 0 Å². The molecule has 1 saturated carbocycles. The Labute approximate surface area is 191 Å². The van der Waals surface area contributed by atoms with E-state index in [1.807, 2.05) is 18.2 Å². The summed E-state index contributed by atoms with van der Waals surface area (Å²) in [4.78, 5) is 30.8. The lowest BCUT2D eigenvalue weighted by atomic mass is 9.95. The van der Waals surface area contributed by atoms with Crippen LogP contribution in [0.2, 0.25) is 0 Å². The number of hydrogen-bond donors (Lipinski definition) is 1. The zero-order chi connectivity index (χ0) is 22.7. The van der Waals surface area contributed by atoms with Crippen molar-refractivity contribution >= 4 is 44.2 Å². The number of nitrogens with zero attached hydrogens (tertiary/aromatic N) is 2. The number of carbonyl (C=O) groups excluding carboxylic acids is 1. The molecular weight excluding hydrogens is 446 g/mol. The lowest BCUT2D eigenvalue weighted by Gasteiger charge is -2.26. The molecule has 3 aromatic rings. The molecule has 0 atom stereocenters. The van der Waals surface area contributed by atoms with E-state index in [-0.39, 0.29) is 23.1 Å². The van der Waals surface area contributed by atoms with Crippen LogP contribution in [0, 0.1) is 0 Å². The summed E-state index contributed by atoms with van der Waals surface area (Å²) in [5.74, 6) is 0.0228. The van der Waals surface area contributed by atoms with E-state index in [0.717, 1.165) is 31.9 Å². The first-order valence-corrected chi connectivity index (χ1v) is 13.4. The molecule has 0 saturated heterocycles. The average Bonchev–Trinajstić information content (AvgIpc) is 2.77. The first kappa shape index (κ1) is 22.5. The highest BCUT2D eigenvalue weighted by molar-refractivity contribution is 7.99. The first-order valence-electron chi connectivity index (χ1n) is 10.6. The summed E-state index contributed by atoms with van der Waals surface area (Å²) in [5.41, 5.74) is 1.47. The summed E-state index contributed by atoms with van der Waals surface area (Å²) >= 11 is 1.28. The molecule has 1 aliphatic rings. The molecule has 9 heteroatoms. The molecule has 0 aliphatic heterocycles. The summed E-state index contributed by atoms with van der Waals surface area (Å²) in [6.45, 7) is 0. The van der Waals surface area contributed by atoms with Gasteiger partial charge >= 0.3 is 0 Å². The van der Waals surface area contributed by atoms with Gasteiger partial charge in [0.2, 0.25) is 10.0 Å². The minimum absolute atomic E-state index is 0.0475. The number of Topliss-reactive ketones (excluding diaryl/α,β-unsaturated/α-hetero) is 1. The smallest absolute Gasteiger partial charge is 0.262 e. The van der Waals surface area contributed by atoms with E-state index < -0.39 is 10.0 Å². The van der Waals surface area contributed by atoms with Crippen LogP contribution in [0.15, 0.2) is 58.5 Å². The van der Waals surface area contributed by atoms with E-state index in [2.05, 4.69) is 4.72 Å². The summed E-state index contributed by atoms with van der Waals surface area (Å²) in [6, 6.07) is 13.7. The Bertz CT molecular complexity index is 1300. The molecule has 1 heterocycles. The number of anilines is 1. The number of nitrogens with one attached hydrogen (secondary N) is 1. The monoisotopic (exact) mass is 471 g/mol. The molecule has 4 rings (SSSR count). The van der Waals surface area contributed by atoms with Gasteiger partial charge < -0.3 is 0 Å². The molecule has 1 N–H and O–H groups in total. The molecule has 0 unspecified atom stereocenters. The van der Waals surface area contributed by atoms with Crippen LogP contribution >= 0.6 is 11.8 Å². The molecule has 0 spiro atoms. The van der Waals surface area contributed by atoms with Gasteiger partial charge in [0.05, 0.1) is 22.9 Å². The molecule has 0 radical (unpaired) electrons. The van der Waals surface area contributed by atoms with Crippen molar-refractivity contribution in [3.63, 3.8) is 0 Å². The number of ketones is 1. The highest BCUT2D eigenvalue weighted by Crippen LogP contribution is 2.31. The second kappa shape index (κ2) is 9.46. The minimum Gasteiger partial charge on any atom is -0.293 e. The fraction of sp³-hybridized carbons (Fsp3) is 0.348. The highest BCUT2D eigenvalue weighted by atomic mass is 32.2. The van der Waals surface area contributed by atoms with E-state index in [1.165, 1.54) is 18.2 Å². The van der Waals surface area contributed by atoms with E-state index in [4.69, 9.17) is 4.98 Å². The Morgan fingerprint density at radius 3 is 2.47 bits per heavy atom. The Morgan fingerprint density at radius 1 is 1.09 bits per heavy atom. The maximum atomic E-state index is 13.3. The normalized spacial score (nSPS) is 15.0. The Balaban J connectivity index is 1.58. The van der Waals surface area contributed by atoms with Gasteiger partial charge in [-0.2, -0.15) is 0 Å². The van der Waals surface area contributed by atoms with Crippen LogP contribution < -0.4 is 10.3 Å². The number of para-hydroxylation sites is 1. The van der Waals surface area contributed by atoms with Gasteiger partial charge in [-0.3, -0.25) is 18.9 Å². The average molecular weight is 472 g/mol. The maximum absolute atomic E-state index is 13.3. The van der Waals surface area contributed by atoms with Gasteiger partial charge in [-0.05, 0) is 49.2 Å². The third-order valence-corrected chi connectivity index (χ3v) is 7.12. The molecule has 168 valence electrons. The van der Waals surface area contributed by atoms with Crippen LogP contribution in [-0.4, -0.2) is 35.8 Å². The fourth-order valence-corrected chi connectivity index (χ4v) is 5.57. The van der Waals surface area contributed by atoms with Gasteiger partial charge in [0.1, 0.15) is 0 Å². The summed E-state index contributed by atoms with van der Waals surface area (Å²) in [5, 5.41) is 1.17. The van der Waals surface area contributed by atoms with Gasteiger partial charge in [0.25, 0.3) is 5.56 Å². The molecule has 32 heavy (non-hydrogen) atoms. The molecule has 1 aliphatic carbocycles. The standard InChI is InChI=1S/C23H25N3O4S2/c1-32(29,30)25-17-13-11-16(12-14-17)21(27)15-31-23-24-20-10-6-5-9-19(20)22(28)26(23)18-7-3-2-4-8-18/h5-6,9-14,18,25H,2-4,7-8,15H2,1H3. The van der Waals surface area contributed by atoms with E-state index in [1.54, 1.807) is 34.9 Å². The molecule has 0 amide bonds. The Hall–Kier alpha value is -2.65. The van der Waals surface area contributed by atoms with Crippen molar-refractivity contribution in [3.05, 3.63) is 64.4 Å². The van der Waals surface area contributed by atoms with Crippen molar-refractivity contribution in [1.29, 1.82) is 0 Å². The first-order chi connectivity index (χ1) is 15.3. The van der Waals surface area contributed by atoms with Gasteiger partial charge in [0.15, 0.2) is 10.9 Å². The van der Waals surface area contributed by atoms with Crippen LogP contribution in [0.1, 0.15) is 48.5 Å². The minimum atomic E-state index is -3.37. The van der Waals surface area contributed by atoms with Crippen LogP contribution in [0.5, 0.6) is 0 Å². The number of sulfonamides is 1. The number of hydrogen-bond acceptors (Lipinski definition) is 6. The summed E-state index contributed by atoms with van der Waals surface area (Å²) in [7, 11) is -3.37. The highest BCUT2D eigenvalue weighted by Gasteiger charge is 2.22. The Morgan fingerprint density at radius 2 is 1.78 bits per heavy atom. The number of benzene rings is 2. The van der Waals surface area contributed by atoms with Crippen molar-refractivity contribution in [2.75, 3.05) is 16.7 Å². The molecule has 1 fully saturated rings. The second-order valence-electron chi connectivity index (χ2n) is 8.04. The lowest BCUT2D eigenvalue weighted by Crippen LogP contribution is -2.29. The number of thioether (sulfide) groups is 1. The number of rotatable bonds is 7. The summed E-state index contributed by atoms with van der Waals surface area (Å²) in [6.07, 6.45) is 6.30. The van der Waals surface area contributed by atoms with Crippen LogP contribution in [0.3, 0.4) is 0 Å². The topological polar surface area (TPSA) is 98.1 Å². The number of aromatic nitrogens is 2. The SMILES string of the molecule is CS(=O)(=O)Nc1ccc(C(=O)CSc2nc3ccccc3c(=O)n2C2CCCCC2)cc1. The van der Waals surface area contributed by atoms with E-state index in [0.29, 0.717) is 27.3 Å². The van der Waals surface area contributed by atoms with Crippen LogP contribution in [-0.2, 0) is 10.0 Å². The maximum Gasteiger partial charge on any atom is 0.262 e. The lowest BCUT2D eigenvalue weighted by molar-refractivity contribution is 0.102. The molecule has 1 aromatic heterocycles. The molecular formula is C23H25N3O4S2. The van der Waals surface area contributed by atoms with Gasteiger partial charge in [0, 0.05) is 17.3 Å². The van der Waals surface area contributed by atoms with Crippen molar-refractivity contribution in [2.45, 2.75) is 43.3 Å². The number of carbonyl (C=O) groups is 1. The van der Waals surface area contributed by atoms with Crippen LogP contribution in [0.25, 0.3) is 10.9 Å². The quantitative estimate of drug-likeness (QED) is 0.314. The van der Waals surface area contributed by atoms with Crippen molar-refractivity contribution in [2.24, 2.45) is 0 Å². The molecule has 2 aromatic carbocycles. The van der Waals surface area contributed by atoms with Crippen LogP contribution in [0.4, 0.5) is 5.69 Å². The molecule has 7 nitrogen and oxygen atoms in total. The zero-order valence-electron chi connectivity index (χ0n) is 17.8. The van der Waals surface area contributed by atoms with Gasteiger partial charge in [-0.1, -0.05) is 43.2 Å². The predicted molar refractivity (Wildman–Crippen MR) is 128 cm³/mol. The van der Waals surface area contributed by atoms with E-state index in [9.17, 15) is 18.0 Å². The Kier molecular flexibility index (Phi) is 6.66. The third-order valence-electron chi connectivity index (χ3n) is 5.56. The largest absolute Gasteiger partial charge is 0.293 e. The van der Waals surface area contributed by atoms with E-state index >= 15 is 0 Å². The van der Waals surface area contributed by atoms with Crippen molar-refractivity contribution in [1.82, 2.24) is 9.55 Å². The van der Waals surface area contributed by atoms with Gasteiger partial charge in [-0.25, -0.2) is 13.4 Å². The predicted octanol–water partition coefficient (Wildman–Crippen LogP) is 4.25. The molecule has 0 bridgehead atoms. The number of fused-ring (bicyclic) bond motifs is 1. The third kappa shape index (κ3) is 5.21. The summed E-state index contributed by atoms with van der Waals surface area (Å²) < 4.78 is 26.9. The zero-order valence-corrected chi connectivity index (χ0v) is 19.4. The van der Waals surface area contributed by atoms with Crippen molar-refractivity contribution in [3.8, 4) is 0 Å². The fourth-order valence-electron chi connectivity index (χ4n) is 4.04.